The van der Waals surface area contributed by atoms with Crippen molar-refractivity contribution in [2.24, 2.45) is 5.73 Å². The Hall–Kier alpha value is -2.81. The van der Waals surface area contributed by atoms with E-state index < -0.39 is 28.8 Å². The predicted molar refractivity (Wildman–Crippen MR) is 104 cm³/mol. The van der Waals surface area contributed by atoms with E-state index >= 15 is 0 Å². The van der Waals surface area contributed by atoms with Crippen LogP contribution in [0.15, 0.2) is 24.3 Å². The van der Waals surface area contributed by atoms with E-state index in [4.69, 9.17) is 10.5 Å². The molecule has 0 spiro atoms. The molecule has 0 saturated carbocycles. The Morgan fingerprint density at radius 3 is 2.37 bits per heavy atom. The summed E-state index contributed by atoms with van der Waals surface area (Å²) in [5.41, 5.74) is 6.14. The van der Waals surface area contributed by atoms with Crippen molar-refractivity contribution in [2.45, 2.75) is 31.2 Å². The van der Waals surface area contributed by atoms with Gasteiger partial charge in [-0.25, -0.2) is 17.6 Å². The van der Waals surface area contributed by atoms with E-state index in [0.29, 0.717) is 42.7 Å². The highest BCUT2D eigenvalue weighted by atomic mass is 19.1. The van der Waals surface area contributed by atoms with Crippen molar-refractivity contribution in [3.8, 4) is 5.75 Å². The lowest BCUT2D eigenvalue weighted by molar-refractivity contribution is -0.116. The molecule has 9 heteroatoms. The van der Waals surface area contributed by atoms with Crippen LogP contribution in [0, 0.1) is 23.3 Å². The molecule has 1 fully saturated rings. The summed E-state index contributed by atoms with van der Waals surface area (Å²) in [4.78, 5) is 13.0. The Morgan fingerprint density at radius 1 is 1.03 bits per heavy atom. The second-order valence-electron chi connectivity index (χ2n) is 7.80. The first kappa shape index (κ1) is 20.5. The van der Waals surface area contributed by atoms with Crippen LogP contribution in [0.4, 0.5) is 28.9 Å². The van der Waals surface area contributed by atoms with Crippen LogP contribution in [0.3, 0.4) is 0 Å². The minimum Gasteiger partial charge on any atom is -0.491 e. The van der Waals surface area contributed by atoms with Gasteiger partial charge in [0.15, 0.2) is 11.6 Å². The number of amides is 1. The molecule has 3 N–H and O–H groups in total. The summed E-state index contributed by atoms with van der Waals surface area (Å²) in [6, 6.07) is 4.05. The molecule has 2 aromatic carbocycles. The van der Waals surface area contributed by atoms with Crippen molar-refractivity contribution >= 4 is 17.3 Å². The standard InChI is InChI=1S/C21H21F4N3O2/c22-12-9-15(24)20(16(25)10-12)28-7-5-21(26,6-8-28)11-30-17-3-2-14(23)19-13(17)1-4-18(29)27-19/h2-3,9-10H,1,4-8,11,26H2,(H,27,29). The van der Waals surface area contributed by atoms with Gasteiger partial charge in [0, 0.05) is 37.2 Å². The van der Waals surface area contributed by atoms with E-state index in [1.807, 2.05) is 0 Å². The van der Waals surface area contributed by atoms with Crippen molar-refractivity contribution in [2.75, 3.05) is 29.9 Å². The van der Waals surface area contributed by atoms with Crippen LogP contribution in [-0.4, -0.2) is 31.1 Å². The van der Waals surface area contributed by atoms with E-state index in [9.17, 15) is 22.4 Å². The highest BCUT2D eigenvalue weighted by Gasteiger charge is 2.34. The highest BCUT2D eigenvalue weighted by molar-refractivity contribution is 5.94. The first-order valence-electron chi connectivity index (χ1n) is 9.68. The third-order valence-corrected chi connectivity index (χ3v) is 5.66. The van der Waals surface area contributed by atoms with Gasteiger partial charge in [-0.1, -0.05) is 0 Å². The highest BCUT2D eigenvalue weighted by Crippen LogP contribution is 2.35. The van der Waals surface area contributed by atoms with Gasteiger partial charge in [-0.2, -0.15) is 0 Å². The summed E-state index contributed by atoms with van der Waals surface area (Å²) in [7, 11) is 0. The van der Waals surface area contributed by atoms with Crippen molar-refractivity contribution in [3.05, 3.63) is 53.1 Å². The molecule has 30 heavy (non-hydrogen) atoms. The molecule has 0 aromatic heterocycles. The summed E-state index contributed by atoms with van der Waals surface area (Å²) in [6.45, 7) is 0.676. The molecule has 160 valence electrons. The molecule has 0 unspecified atom stereocenters. The van der Waals surface area contributed by atoms with E-state index in [1.165, 1.54) is 17.0 Å². The number of hydrogen-bond acceptors (Lipinski definition) is 4. The number of ether oxygens (including phenoxy) is 1. The zero-order valence-electron chi connectivity index (χ0n) is 16.1. The maximum atomic E-state index is 14.0. The number of piperidine rings is 1. The van der Waals surface area contributed by atoms with Crippen LogP contribution in [-0.2, 0) is 11.2 Å². The van der Waals surface area contributed by atoms with Gasteiger partial charge in [0.2, 0.25) is 5.91 Å². The number of carbonyl (C=O) groups is 1. The van der Waals surface area contributed by atoms with Crippen molar-refractivity contribution in [1.29, 1.82) is 0 Å². The topological polar surface area (TPSA) is 67.6 Å². The number of halogens is 4. The number of nitrogens with one attached hydrogen (secondary N) is 1. The molecular formula is C21H21F4N3O2. The lowest BCUT2D eigenvalue weighted by Crippen LogP contribution is -2.54. The molecule has 5 nitrogen and oxygen atoms in total. The van der Waals surface area contributed by atoms with Crippen LogP contribution in [0.25, 0.3) is 0 Å². The summed E-state index contributed by atoms with van der Waals surface area (Å²) in [6.07, 6.45) is 1.39. The zero-order valence-corrected chi connectivity index (χ0v) is 16.1. The van der Waals surface area contributed by atoms with E-state index in [2.05, 4.69) is 5.32 Å². The molecule has 0 radical (unpaired) electrons. The molecule has 0 atom stereocenters. The summed E-state index contributed by atoms with van der Waals surface area (Å²) in [5.74, 6) is -3.19. The van der Waals surface area contributed by atoms with Gasteiger partial charge in [-0.15, -0.1) is 0 Å². The average Bonchev–Trinajstić information content (AvgIpc) is 2.69. The first-order chi connectivity index (χ1) is 14.3. The molecular weight excluding hydrogens is 402 g/mol. The molecule has 1 amide bonds. The van der Waals surface area contributed by atoms with Gasteiger partial charge in [0.1, 0.15) is 29.7 Å². The number of nitrogens with zero attached hydrogens (tertiary/aromatic N) is 1. The Balaban J connectivity index is 1.43. The SMILES string of the molecule is NC1(COc2ccc(F)c3c2CCC(=O)N3)CCN(c2c(F)cc(F)cc2F)CC1. The Bertz CT molecular complexity index is 967. The van der Waals surface area contributed by atoms with Crippen molar-refractivity contribution in [3.63, 3.8) is 0 Å². The van der Waals surface area contributed by atoms with Gasteiger partial charge in [-0.3, -0.25) is 4.79 Å². The van der Waals surface area contributed by atoms with Gasteiger partial charge in [-0.05, 0) is 31.4 Å². The van der Waals surface area contributed by atoms with Crippen LogP contribution < -0.4 is 20.7 Å². The summed E-state index contributed by atoms with van der Waals surface area (Å²) < 4.78 is 61.1. The fraction of sp³-hybridized carbons (Fsp3) is 0.381. The smallest absolute Gasteiger partial charge is 0.224 e. The second-order valence-corrected chi connectivity index (χ2v) is 7.80. The number of nitrogens with two attached hydrogens (primary N) is 1. The predicted octanol–water partition coefficient (Wildman–Crippen LogP) is 3.50. The fourth-order valence-electron chi connectivity index (χ4n) is 3.94. The van der Waals surface area contributed by atoms with E-state index in [0.717, 1.165) is 0 Å². The van der Waals surface area contributed by atoms with Crippen molar-refractivity contribution in [1.82, 2.24) is 0 Å². The lowest BCUT2D eigenvalue weighted by atomic mass is 9.89. The van der Waals surface area contributed by atoms with Gasteiger partial charge < -0.3 is 20.7 Å². The Morgan fingerprint density at radius 2 is 1.70 bits per heavy atom. The van der Waals surface area contributed by atoms with Crippen LogP contribution in [0.2, 0.25) is 0 Å². The molecule has 0 aliphatic carbocycles. The maximum absolute atomic E-state index is 14.0. The number of hydrogen-bond donors (Lipinski definition) is 2. The molecule has 4 rings (SSSR count). The molecule has 2 aromatic rings. The number of anilines is 2. The molecule has 2 aliphatic rings. The quantitative estimate of drug-likeness (QED) is 0.739. The number of benzene rings is 2. The zero-order chi connectivity index (χ0) is 21.5. The number of rotatable bonds is 4. The third kappa shape index (κ3) is 3.94. The maximum Gasteiger partial charge on any atom is 0.224 e. The summed E-state index contributed by atoms with van der Waals surface area (Å²) in [5, 5.41) is 2.52. The minimum atomic E-state index is -0.967. The van der Waals surface area contributed by atoms with Crippen LogP contribution in [0.5, 0.6) is 5.75 Å². The molecule has 1 saturated heterocycles. The Labute approximate surface area is 170 Å². The van der Waals surface area contributed by atoms with Crippen molar-refractivity contribution < 1.29 is 27.1 Å². The van der Waals surface area contributed by atoms with Crippen LogP contribution >= 0.6 is 0 Å². The monoisotopic (exact) mass is 423 g/mol. The normalized spacial score (nSPS) is 18.0. The summed E-state index contributed by atoms with van der Waals surface area (Å²) >= 11 is 0. The number of carbonyl (C=O) groups excluding carboxylic acids is 1. The second kappa shape index (κ2) is 7.79. The first-order valence-corrected chi connectivity index (χ1v) is 9.68. The Kier molecular flexibility index (Phi) is 5.31. The van der Waals surface area contributed by atoms with E-state index in [-0.39, 0.29) is 43.4 Å². The molecule has 0 bridgehead atoms. The number of fused-ring (bicyclic) bond motifs is 1. The van der Waals surface area contributed by atoms with Gasteiger partial charge in [0.05, 0.1) is 11.2 Å². The average molecular weight is 423 g/mol. The fourth-order valence-corrected chi connectivity index (χ4v) is 3.94. The third-order valence-electron chi connectivity index (χ3n) is 5.66. The van der Waals surface area contributed by atoms with E-state index in [1.54, 1.807) is 0 Å². The largest absolute Gasteiger partial charge is 0.491 e. The minimum absolute atomic E-state index is 0.126. The van der Waals surface area contributed by atoms with Gasteiger partial charge in [0.25, 0.3) is 0 Å². The molecule has 2 aliphatic heterocycles. The van der Waals surface area contributed by atoms with Gasteiger partial charge >= 0.3 is 0 Å². The lowest BCUT2D eigenvalue weighted by Gasteiger charge is -2.40. The molecule has 2 heterocycles. The van der Waals surface area contributed by atoms with Crippen LogP contribution in [0.1, 0.15) is 24.8 Å².